The summed E-state index contributed by atoms with van der Waals surface area (Å²) in [6.07, 6.45) is 13.2. The van der Waals surface area contributed by atoms with Crippen molar-refractivity contribution < 1.29 is 38.1 Å². The molecule has 3 aromatic carbocycles. The van der Waals surface area contributed by atoms with Crippen LogP contribution in [-0.2, 0) is 4.79 Å². The molecule has 4 aliphatic carbocycles. The van der Waals surface area contributed by atoms with Crippen LogP contribution < -0.4 is 19.9 Å². The highest BCUT2D eigenvalue weighted by Gasteiger charge is 2.68. The molecule has 8 aliphatic rings. The van der Waals surface area contributed by atoms with Crippen molar-refractivity contribution in [3.63, 3.8) is 0 Å². The molecular formula is C68H87F2N9O6Si. The number of pyridine rings is 1. The zero-order valence-corrected chi connectivity index (χ0v) is 52.8. The van der Waals surface area contributed by atoms with Crippen LogP contribution in [0, 0.1) is 52.2 Å². The summed E-state index contributed by atoms with van der Waals surface area (Å²) in [5, 5.41) is 26.0. The monoisotopic (exact) mass is 1190 g/mol. The van der Waals surface area contributed by atoms with E-state index < -0.39 is 31.3 Å². The van der Waals surface area contributed by atoms with Gasteiger partial charge in [0.05, 0.1) is 23.2 Å². The van der Waals surface area contributed by atoms with Crippen LogP contribution in [-0.4, -0.2) is 150 Å². The number of halogens is 2. The number of nitrogens with one attached hydrogen (secondary N) is 1. The van der Waals surface area contributed by atoms with Crippen LogP contribution in [0.4, 0.5) is 25.1 Å². The topological polar surface area (TPSA) is 168 Å². The van der Waals surface area contributed by atoms with Crippen LogP contribution in [0.5, 0.6) is 11.8 Å². The van der Waals surface area contributed by atoms with E-state index in [1.54, 1.807) is 30.2 Å². The molecule has 6 heterocycles. The number of aromatic nitrogens is 3. The fraction of sp³-hybridized carbons (Fsp3) is 0.588. The van der Waals surface area contributed by atoms with Crippen molar-refractivity contribution in [1.82, 2.24) is 35.0 Å². The van der Waals surface area contributed by atoms with Crippen LogP contribution in [0.25, 0.3) is 32.9 Å². The molecule has 86 heavy (non-hydrogen) atoms. The lowest BCUT2D eigenvalue weighted by Crippen LogP contribution is -2.68. The second kappa shape index (κ2) is 23.0. The molecule has 2 bridgehead atoms. The third-order valence-corrected chi connectivity index (χ3v) is 27.9. The van der Waals surface area contributed by atoms with E-state index in [0.717, 1.165) is 90.0 Å². The number of phenolic OH excluding ortho intramolecular Hbond substituents is 1. The molecule has 458 valence electrons. The van der Waals surface area contributed by atoms with Gasteiger partial charge in [-0.3, -0.25) is 24.8 Å². The Hall–Kier alpha value is -6.26. The van der Waals surface area contributed by atoms with E-state index in [4.69, 9.17) is 19.7 Å². The summed E-state index contributed by atoms with van der Waals surface area (Å²) >= 11 is 0. The van der Waals surface area contributed by atoms with Crippen molar-refractivity contribution in [3.05, 3.63) is 77.0 Å². The van der Waals surface area contributed by atoms with Gasteiger partial charge in [0.25, 0.3) is 5.91 Å². The number of fused-ring (bicyclic) bond motifs is 2. The van der Waals surface area contributed by atoms with Crippen LogP contribution in [0.1, 0.15) is 147 Å². The standard InChI is InChI=1S/C68H87F2N9O6Si/c1-43(2)86(44(3)4,45(5)6)31-17-51-54(69)13-12-48-32-50(80)34-52(57(48)51)59-58(70)60-53(35-71-59)61(78-23-9-18-65(8,84)40-78)74-63(73-60)85-42-68-37-67(38-68,39-68)41-76-29-27-75(28-30-76)36-47-14-19-66(20-15-47)21-25-77(26-22-66)62(82)49-11-10-46(7)55(33-49)79-24-16-56(81)72-64(79)83/h10-13,32-35,43-45,47,80,84H,9,14-16,18-30,36-42H2,1-8H3,(H,72,81,83)/t65-,67?,68?/m1/s1. The number of anilines is 2. The molecule has 0 unspecified atom stereocenters. The number of urea groups is 1. The highest BCUT2D eigenvalue weighted by molar-refractivity contribution is 6.90. The number of imide groups is 1. The summed E-state index contributed by atoms with van der Waals surface area (Å²) in [5.41, 5.74) is 6.60. The predicted octanol–water partition coefficient (Wildman–Crippen LogP) is 11.8. The van der Waals surface area contributed by atoms with Gasteiger partial charge in [-0.05, 0) is 159 Å². The Morgan fingerprint density at radius 3 is 2.22 bits per heavy atom. The number of piperazine rings is 1. The number of hydrogen-bond acceptors (Lipinski definition) is 12. The van der Waals surface area contributed by atoms with Gasteiger partial charge in [0.1, 0.15) is 36.7 Å². The Bertz CT molecular complexity index is 3500. The van der Waals surface area contributed by atoms with Crippen molar-refractivity contribution in [2.24, 2.45) is 22.2 Å². The lowest BCUT2D eigenvalue weighted by atomic mass is 9.35. The van der Waals surface area contributed by atoms with Gasteiger partial charge in [0, 0.05) is 112 Å². The number of benzene rings is 3. The van der Waals surface area contributed by atoms with E-state index in [9.17, 15) is 24.6 Å². The Balaban J connectivity index is 0.665. The molecule has 0 radical (unpaired) electrons. The zero-order valence-electron chi connectivity index (χ0n) is 51.8. The number of carbonyl (C=O) groups is 3. The molecular weight excluding hydrogens is 1100 g/mol. The van der Waals surface area contributed by atoms with E-state index in [0.29, 0.717) is 93.7 Å². The lowest BCUT2D eigenvalue weighted by molar-refractivity contribution is -0.229. The normalized spacial score (nSPS) is 24.8. The zero-order chi connectivity index (χ0) is 60.7. The molecule has 1 atom stereocenters. The number of phenols is 1. The minimum atomic E-state index is -2.32. The predicted molar refractivity (Wildman–Crippen MR) is 335 cm³/mol. The summed E-state index contributed by atoms with van der Waals surface area (Å²) in [7, 11) is -2.32. The van der Waals surface area contributed by atoms with Crippen molar-refractivity contribution >= 4 is 59.1 Å². The molecule has 4 saturated heterocycles. The fourth-order valence-electron chi connectivity index (χ4n) is 17.2. The third kappa shape index (κ3) is 11.4. The van der Waals surface area contributed by atoms with Gasteiger partial charge < -0.3 is 34.5 Å². The number of carbonyl (C=O) groups excluding carboxylic acids is 3. The van der Waals surface area contributed by atoms with Gasteiger partial charge in [-0.1, -0.05) is 59.6 Å². The Labute approximate surface area is 506 Å². The van der Waals surface area contributed by atoms with Crippen molar-refractivity contribution in [3.8, 4) is 34.5 Å². The lowest BCUT2D eigenvalue weighted by Gasteiger charge is -2.71. The molecule has 2 aromatic heterocycles. The highest BCUT2D eigenvalue weighted by Crippen LogP contribution is 2.73. The van der Waals surface area contributed by atoms with Crippen molar-refractivity contribution in [2.45, 2.75) is 155 Å². The molecule has 5 aromatic rings. The molecule has 8 fully saturated rings. The number of amides is 4. The molecule has 4 amide bonds. The molecule has 13 rings (SSSR count). The number of piperidine rings is 2. The van der Waals surface area contributed by atoms with Gasteiger partial charge >= 0.3 is 12.0 Å². The summed E-state index contributed by atoms with van der Waals surface area (Å²) in [4.78, 5) is 63.5. The number of aliphatic hydroxyl groups is 1. The number of ether oxygens (including phenoxy) is 1. The van der Waals surface area contributed by atoms with E-state index in [-0.39, 0.29) is 69.7 Å². The minimum Gasteiger partial charge on any atom is -0.508 e. The van der Waals surface area contributed by atoms with Gasteiger partial charge in [-0.2, -0.15) is 9.97 Å². The minimum absolute atomic E-state index is 0.00189. The largest absolute Gasteiger partial charge is 0.508 e. The fourth-order valence-corrected chi connectivity index (χ4v) is 22.4. The van der Waals surface area contributed by atoms with Crippen LogP contribution in [0.2, 0.25) is 16.6 Å². The highest BCUT2D eigenvalue weighted by atomic mass is 28.3. The summed E-state index contributed by atoms with van der Waals surface area (Å²) in [6, 6.07) is 11.1. The SMILES string of the molecule is Cc1ccc(C(=O)N2CCC3(CCC(CN4CCN(CC56CC(COc7nc(N8CCC[C@@](C)(O)C8)c8cnc(-c9cc(O)cc%10ccc(F)c(C#C[Si](C(C)C)(C(C)C)C(C)C)c9%10)c(F)c8n7)(C5)C6)CC4)CC3)CC2)cc1N1CCC(=O)NC1=O. The number of rotatable bonds is 14. The number of hydrogen-bond donors (Lipinski definition) is 3. The van der Waals surface area contributed by atoms with Gasteiger partial charge in [0.15, 0.2) is 5.82 Å². The van der Waals surface area contributed by atoms with Crippen molar-refractivity contribution in [2.75, 3.05) is 88.4 Å². The number of aromatic hydroxyl groups is 1. The van der Waals surface area contributed by atoms with E-state index in [1.165, 1.54) is 37.8 Å². The maximum atomic E-state index is 17.7. The number of likely N-dealkylation sites (tertiary alicyclic amines) is 1. The quantitative estimate of drug-likeness (QED) is 0.0712. The van der Waals surface area contributed by atoms with Gasteiger partial charge in [-0.25, -0.2) is 13.6 Å². The van der Waals surface area contributed by atoms with Crippen LogP contribution in [0.15, 0.2) is 48.7 Å². The Morgan fingerprint density at radius 2 is 1.55 bits per heavy atom. The molecule has 15 nitrogen and oxygen atoms in total. The summed E-state index contributed by atoms with van der Waals surface area (Å²) in [5.74, 6) is 2.79. The van der Waals surface area contributed by atoms with Crippen molar-refractivity contribution in [1.29, 1.82) is 0 Å². The molecule has 18 heteroatoms. The Kier molecular flexibility index (Phi) is 16.1. The molecule has 4 aliphatic heterocycles. The Morgan fingerprint density at radius 1 is 0.849 bits per heavy atom. The summed E-state index contributed by atoms with van der Waals surface area (Å²) in [6.45, 7) is 26.6. The first-order valence-electron chi connectivity index (χ1n) is 31.9. The van der Waals surface area contributed by atoms with E-state index in [2.05, 4.69) is 68.1 Å². The van der Waals surface area contributed by atoms with Crippen LogP contribution >= 0.6 is 0 Å². The van der Waals surface area contributed by atoms with Gasteiger partial charge in [-0.15, -0.1) is 5.54 Å². The first-order chi connectivity index (χ1) is 41.0. The van der Waals surface area contributed by atoms with Crippen LogP contribution in [0.3, 0.4) is 0 Å². The average molecular weight is 1190 g/mol. The number of nitrogens with zero attached hydrogens (tertiary/aromatic N) is 8. The average Bonchev–Trinajstić information content (AvgIpc) is 0.696. The number of aryl methyl sites for hydroxylation is 1. The molecule has 1 spiro atoms. The smallest absolute Gasteiger partial charge is 0.328 e. The van der Waals surface area contributed by atoms with E-state index in [1.807, 2.05) is 34.9 Å². The third-order valence-electron chi connectivity index (χ3n) is 21.6. The number of β-amino-alcohol motifs (C(OH)–C–C–N with tert-alkyl or cyclic N) is 1. The van der Waals surface area contributed by atoms with E-state index >= 15 is 8.78 Å². The maximum absolute atomic E-state index is 17.7. The second-order valence-corrected chi connectivity index (χ2v) is 34.2. The molecule has 4 saturated carbocycles. The second-order valence-electron chi connectivity index (χ2n) is 28.6. The van der Waals surface area contributed by atoms with Gasteiger partial charge in [0.2, 0.25) is 5.91 Å². The first kappa shape index (κ1) is 60.0. The maximum Gasteiger partial charge on any atom is 0.328 e. The first-order valence-corrected chi connectivity index (χ1v) is 34.1. The summed E-state index contributed by atoms with van der Waals surface area (Å²) < 4.78 is 40.5. The molecule has 3 N–H and O–H groups in total.